The second kappa shape index (κ2) is 4.86. The topological polar surface area (TPSA) is 48.7 Å². The predicted octanol–water partition coefficient (Wildman–Crippen LogP) is 4.78. The molecule has 0 N–H and O–H groups in total. The lowest BCUT2D eigenvalue weighted by atomic mass is 9.99. The first kappa shape index (κ1) is 14.1. The van der Waals surface area contributed by atoms with Crippen LogP contribution in [0.5, 0.6) is 11.5 Å². The van der Waals surface area contributed by atoms with Crippen molar-refractivity contribution in [3.05, 3.63) is 59.2 Å². The third kappa shape index (κ3) is 1.74. The zero-order valence-corrected chi connectivity index (χ0v) is 13.8. The van der Waals surface area contributed by atoms with E-state index in [9.17, 15) is 4.79 Å². The van der Waals surface area contributed by atoms with E-state index in [4.69, 9.17) is 13.9 Å². The Labute approximate surface area is 143 Å². The molecule has 122 valence electrons. The zero-order valence-electron chi connectivity index (χ0n) is 13.8. The number of carbonyl (C=O) groups excluding carboxylic acids is 1. The summed E-state index contributed by atoms with van der Waals surface area (Å²) < 4.78 is 16.7. The number of allylic oxidation sites excluding steroid dienone is 1. The van der Waals surface area contributed by atoms with Crippen LogP contribution in [-0.2, 0) is 0 Å². The van der Waals surface area contributed by atoms with Crippen molar-refractivity contribution >= 4 is 39.4 Å². The van der Waals surface area contributed by atoms with Crippen LogP contribution in [0.15, 0.2) is 46.9 Å². The van der Waals surface area contributed by atoms with E-state index in [-0.39, 0.29) is 5.78 Å². The molecule has 0 saturated heterocycles. The Balaban J connectivity index is 1.77. The van der Waals surface area contributed by atoms with Crippen LogP contribution in [0.2, 0.25) is 0 Å². The molecule has 0 unspecified atom stereocenters. The predicted molar refractivity (Wildman–Crippen MR) is 96.7 cm³/mol. The van der Waals surface area contributed by atoms with Crippen LogP contribution in [-0.4, -0.2) is 20.0 Å². The van der Waals surface area contributed by atoms with Gasteiger partial charge in [0.15, 0.2) is 17.3 Å². The Morgan fingerprint density at radius 1 is 0.880 bits per heavy atom. The van der Waals surface area contributed by atoms with E-state index >= 15 is 0 Å². The minimum Gasteiger partial charge on any atom is -0.493 e. The summed E-state index contributed by atoms with van der Waals surface area (Å²) in [5.74, 6) is 1.27. The maximum atomic E-state index is 13.0. The molecule has 0 spiro atoms. The van der Waals surface area contributed by atoms with Crippen molar-refractivity contribution in [1.29, 1.82) is 0 Å². The van der Waals surface area contributed by atoms with Crippen LogP contribution >= 0.6 is 0 Å². The smallest absolute Gasteiger partial charge is 0.198 e. The number of hydrogen-bond donors (Lipinski definition) is 0. The van der Waals surface area contributed by atoms with Crippen LogP contribution < -0.4 is 9.47 Å². The number of carbonyl (C=O) groups is 1. The highest BCUT2D eigenvalue weighted by Crippen LogP contribution is 2.48. The molecule has 0 atom stereocenters. The van der Waals surface area contributed by atoms with Crippen molar-refractivity contribution in [2.45, 2.75) is 0 Å². The molecular weight excluding hydrogens is 316 g/mol. The van der Waals surface area contributed by atoms with Crippen molar-refractivity contribution < 1.29 is 18.7 Å². The zero-order chi connectivity index (χ0) is 17.1. The van der Waals surface area contributed by atoms with Gasteiger partial charge in [-0.3, -0.25) is 4.79 Å². The summed E-state index contributed by atoms with van der Waals surface area (Å²) in [5.41, 5.74) is 4.47. The molecule has 0 saturated carbocycles. The number of fused-ring (bicyclic) bond motifs is 8. The van der Waals surface area contributed by atoms with E-state index in [1.165, 1.54) is 0 Å². The normalized spacial score (nSPS) is 13.5. The summed E-state index contributed by atoms with van der Waals surface area (Å²) in [6.07, 6.45) is 1.93. The maximum Gasteiger partial charge on any atom is 0.198 e. The largest absolute Gasteiger partial charge is 0.493 e. The van der Waals surface area contributed by atoms with Gasteiger partial charge in [-0.05, 0) is 23.8 Å². The lowest BCUT2D eigenvalue weighted by Crippen LogP contribution is -1.98. The molecule has 2 aromatic carbocycles. The second-order valence-corrected chi connectivity index (χ2v) is 6.05. The highest BCUT2D eigenvalue weighted by molar-refractivity contribution is 6.43. The van der Waals surface area contributed by atoms with E-state index in [2.05, 4.69) is 0 Å². The van der Waals surface area contributed by atoms with Crippen LogP contribution in [0.4, 0.5) is 0 Å². The van der Waals surface area contributed by atoms with Gasteiger partial charge in [0.05, 0.1) is 19.8 Å². The maximum absolute atomic E-state index is 13.0. The molecule has 4 aromatic rings. The van der Waals surface area contributed by atoms with Gasteiger partial charge in [0.1, 0.15) is 11.2 Å². The molecule has 2 heterocycles. The number of hydrogen-bond acceptors (Lipinski definition) is 4. The first-order valence-corrected chi connectivity index (χ1v) is 7.98. The fourth-order valence-electron chi connectivity index (χ4n) is 3.63. The number of benzene rings is 3. The summed E-state index contributed by atoms with van der Waals surface area (Å²) in [4.78, 5) is 13.0. The van der Waals surface area contributed by atoms with Gasteiger partial charge in [0, 0.05) is 21.9 Å². The molecule has 0 amide bonds. The second-order valence-electron chi connectivity index (χ2n) is 6.05. The van der Waals surface area contributed by atoms with Gasteiger partial charge in [0.2, 0.25) is 0 Å². The van der Waals surface area contributed by atoms with E-state index in [0.29, 0.717) is 28.2 Å². The summed E-state index contributed by atoms with van der Waals surface area (Å²) in [6, 6.07) is 13.5. The van der Waals surface area contributed by atoms with Crippen molar-refractivity contribution in [3.8, 4) is 11.5 Å². The molecular formula is C21H14O4. The number of furan rings is 2. The molecule has 5 rings (SSSR count). The van der Waals surface area contributed by atoms with Crippen molar-refractivity contribution in [1.82, 2.24) is 0 Å². The Hall–Kier alpha value is -3.27. The molecule has 0 radical (unpaired) electrons. The third-order valence-electron chi connectivity index (χ3n) is 4.80. The molecule has 25 heavy (non-hydrogen) atoms. The van der Waals surface area contributed by atoms with E-state index in [0.717, 1.165) is 27.5 Å². The van der Waals surface area contributed by atoms with E-state index < -0.39 is 0 Å². The Bertz CT molecular complexity index is 1170. The Morgan fingerprint density at radius 2 is 1.52 bits per heavy atom. The number of ether oxygens (including phenoxy) is 2. The average Bonchev–Trinajstić information content (AvgIpc) is 3.31. The molecule has 0 aliphatic heterocycles. The summed E-state index contributed by atoms with van der Waals surface area (Å²) in [6.45, 7) is 0. The number of rotatable bonds is 3. The van der Waals surface area contributed by atoms with Gasteiger partial charge in [-0.25, -0.2) is 0 Å². The molecule has 2 aromatic heterocycles. The van der Waals surface area contributed by atoms with Crippen molar-refractivity contribution in [2.75, 3.05) is 14.2 Å². The van der Waals surface area contributed by atoms with Crippen LogP contribution in [0.1, 0.15) is 21.5 Å². The first-order chi connectivity index (χ1) is 12.2. The summed E-state index contributed by atoms with van der Waals surface area (Å²) in [7, 11) is 3.20. The third-order valence-corrected chi connectivity index (χ3v) is 4.80. The molecule has 1 aliphatic rings. The van der Waals surface area contributed by atoms with Gasteiger partial charge in [-0.1, -0.05) is 30.3 Å². The highest BCUT2D eigenvalue weighted by atomic mass is 16.5. The molecule has 2 bridgehead atoms. The number of methoxy groups -OCH3 is 2. The van der Waals surface area contributed by atoms with Gasteiger partial charge in [0.25, 0.3) is 0 Å². The lowest BCUT2D eigenvalue weighted by Gasteiger charge is -2.08. The van der Waals surface area contributed by atoms with Crippen LogP contribution in [0.3, 0.4) is 0 Å². The molecule has 0 fully saturated rings. The monoisotopic (exact) mass is 330 g/mol. The average molecular weight is 330 g/mol. The summed E-state index contributed by atoms with van der Waals surface area (Å²) >= 11 is 0. The van der Waals surface area contributed by atoms with Gasteiger partial charge >= 0.3 is 0 Å². The molecule has 1 aliphatic carbocycles. The van der Waals surface area contributed by atoms with Gasteiger partial charge < -0.3 is 13.9 Å². The van der Waals surface area contributed by atoms with Gasteiger partial charge in [-0.2, -0.15) is 0 Å². The van der Waals surface area contributed by atoms with Crippen molar-refractivity contribution in [3.63, 3.8) is 0 Å². The lowest BCUT2D eigenvalue weighted by molar-refractivity contribution is 0.106. The van der Waals surface area contributed by atoms with Crippen LogP contribution in [0.25, 0.3) is 33.6 Å². The Morgan fingerprint density at radius 3 is 2.16 bits per heavy atom. The fraction of sp³-hybridized carbons (Fsp3) is 0.0952. The highest BCUT2D eigenvalue weighted by Gasteiger charge is 2.34. The van der Waals surface area contributed by atoms with Crippen molar-refractivity contribution in [2.24, 2.45) is 0 Å². The molecule has 4 nitrogen and oxygen atoms in total. The van der Waals surface area contributed by atoms with Crippen LogP contribution in [0, 0.1) is 0 Å². The fourth-order valence-corrected chi connectivity index (χ4v) is 3.63. The number of Topliss-reactive ketones (excluding diaryl/α,β-unsaturated/α-hetero) is 1. The quantitative estimate of drug-likeness (QED) is 0.542. The van der Waals surface area contributed by atoms with Gasteiger partial charge in [-0.15, -0.1) is 0 Å². The number of ketones is 1. The first-order valence-electron chi connectivity index (χ1n) is 7.98. The minimum atomic E-state index is 0.00614. The molecule has 4 heteroatoms. The SMILES string of the molecule is COc1cc2c3oc(c4c3C=C(c3ccccc3)C4=O)c2cc1OC. The standard InChI is InChI=1S/C21H14O4/c1-23-16-9-13-14(10-17(16)24-2)21-18-15(20(13)25-21)8-12(19(18)22)11-6-4-3-5-7-11/h3-10H,1-2H3. The van der Waals surface area contributed by atoms with E-state index in [1.807, 2.05) is 48.5 Å². The minimum absolute atomic E-state index is 0.00614. The van der Waals surface area contributed by atoms with E-state index in [1.54, 1.807) is 14.2 Å². The Kier molecular flexibility index (Phi) is 2.74. The summed E-state index contributed by atoms with van der Waals surface area (Å²) in [5, 5.41) is 1.81.